The quantitative estimate of drug-likeness (QED) is 0.473. The smallest absolute Gasteiger partial charge is 0.251 e. The van der Waals surface area contributed by atoms with Crippen molar-refractivity contribution in [3.05, 3.63) is 101 Å². The Balaban J connectivity index is 1.53. The lowest BCUT2D eigenvalue weighted by atomic mass is 10.1. The molecule has 0 spiro atoms. The molecule has 3 rings (SSSR count). The molecule has 3 aromatic rings. The van der Waals surface area contributed by atoms with Crippen LogP contribution in [0.25, 0.3) is 0 Å². The van der Waals surface area contributed by atoms with Gasteiger partial charge in [-0.05, 0) is 47.9 Å². The van der Waals surface area contributed by atoms with Crippen LogP contribution in [0, 0.1) is 6.92 Å². The van der Waals surface area contributed by atoms with Gasteiger partial charge in [0.1, 0.15) is 0 Å². The molecule has 0 saturated heterocycles. The number of nitrogens with zero attached hydrogens (tertiary/aromatic N) is 1. The number of anilines is 1. The van der Waals surface area contributed by atoms with Crippen LogP contribution in [0.4, 0.5) is 5.69 Å². The molecule has 6 nitrogen and oxygen atoms in total. The highest BCUT2D eigenvalue weighted by atomic mass is 32.2. The number of sulfonamides is 1. The molecule has 1 N–H and O–H groups in total. The van der Waals surface area contributed by atoms with Crippen molar-refractivity contribution < 1.29 is 17.9 Å². The molecule has 0 aliphatic rings. The third-order valence-electron chi connectivity index (χ3n) is 4.88. The van der Waals surface area contributed by atoms with Crippen LogP contribution in [0.3, 0.4) is 0 Å². The fourth-order valence-electron chi connectivity index (χ4n) is 3.21. The van der Waals surface area contributed by atoms with Gasteiger partial charge in [0, 0.05) is 12.1 Å². The Labute approximate surface area is 189 Å². The summed E-state index contributed by atoms with van der Waals surface area (Å²) in [6.45, 7) is 3.44. The predicted molar refractivity (Wildman–Crippen MR) is 127 cm³/mol. The maximum Gasteiger partial charge on any atom is 0.251 e. The fourth-order valence-corrected chi connectivity index (χ4v) is 4.09. The van der Waals surface area contributed by atoms with Crippen molar-refractivity contribution in [3.63, 3.8) is 0 Å². The van der Waals surface area contributed by atoms with Crippen LogP contribution < -0.4 is 9.62 Å². The summed E-state index contributed by atoms with van der Waals surface area (Å²) in [6.07, 6.45) is 1.19. The van der Waals surface area contributed by atoms with Gasteiger partial charge in [0.05, 0.1) is 31.7 Å². The zero-order valence-electron chi connectivity index (χ0n) is 18.3. The van der Waals surface area contributed by atoms with E-state index in [9.17, 15) is 13.2 Å². The lowest BCUT2D eigenvalue weighted by Crippen LogP contribution is -2.29. The molecule has 0 aromatic heterocycles. The van der Waals surface area contributed by atoms with Gasteiger partial charge in [0.25, 0.3) is 5.91 Å². The molecule has 32 heavy (non-hydrogen) atoms. The number of carbonyl (C=O) groups excluding carboxylic acids is 1. The molecular weight excluding hydrogens is 424 g/mol. The molecule has 7 heteroatoms. The lowest BCUT2D eigenvalue weighted by Gasteiger charge is -2.23. The van der Waals surface area contributed by atoms with E-state index >= 15 is 0 Å². The van der Waals surface area contributed by atoms with Crippen molar-refractivity contribution in [3.8, 4) is 0 Å². The summed E-state index contributed by atoms with van der Waals surface area (Å²) in [4.78, 5) is 12.4. The molecule has 0 unspecified atom stereocenters. The van der Waals surface area contributed by atoms with Crippen molar-refractivity contribution in [1.29, 1.82) is 0 Å². The van der Waals surface area contributed by atoms with E-state index in [1.54, 1.807) is 30.3 Å². The van der Waals surface area contributed by atoms with Crippen molar-refractivity contribution in [2.75, 3.05) is 23.7 Å². The van der Waals surface area contributed by atoms with Crippen LogP contribution in [-0.2, 0) is 27.9 Å². The third-order valence-corrected chi connectivity index (χ3v) is 6.02. The number of ether oxygens (including phenoxy) is 1. The number of nitrogens with one attached hydrogen (secondary N) is 1. The first-order chi connectivity index (χ1) is 15.3. The number of hydrogen-bond acceptors (Lipinski definition) is 4. The SMILES string of the molecule is Cc1cccc(N(Cc2ccc(C(=O)NCCOCc3ccccc3)cc2)S(C)(=O)=O)c1. The number of benzene rings is 3. The molecule has 0 aliphatic heterocycles. The number of amides is 1. The zero-order chi connectivity index (χ0) is 23.0. The minimum absolute atomic E-state index is 0.192. The van der Waals surface area contributed by atoms with Crippen LogP contribution >= 0.6 is 0 Å². The van der Waals surface area contributed by atoms with Gasteiger partial charge in [-0.15, -0.1) is 0 Å². The normalized spacial score (nSPS) is 11.2. The van der Waals surface area contributed by atoms with Crippen LogP contribution in [0.15, 0.2) is 78.9 Å². The monoisotopic (exact) mass is 452 g/mol. The standard InChI is InChI=1S/C25H28N2O4S/c1-20-7-6-10-24(17-20)27(32(2,29)30)18-21-11-13-23(14-12-21)25(28)26-15-16-31-19-22-8-4-3-5-9-22/h3-14,17H,15-16,18-19H2,1-2H3,(H,26,28). The first kappa shape index (κ1) is 23.5. The van der Waals surface area contributed by atoms with E-state index in [2.05, 4.69) is 5.32 Å². The summed E-state index contributed by atoms with van der Waals surface area (Å²) in [7, 11) is -3.46. The molecule has 0 bridgehead atoms. The van der Waals surface area contributed by atoms with E-state index in [0.717, 1.165) is 16.7 Å². The fraction of sp³-hybridized carbons (Fsp3) is 0.240. The second-order valence-electron chi connectivity index (χ2n) is 7.60. The second-order valence-corrected chi connectivity index (χ2v) is 9.51. The highest BCUT2D eigenvalue weighted by Crippen LogP contribution is 2.22. The predicted octanol–water partition coefficient (Wildman–Crippen LogP) is 3.91. The molecule has 0 radical (unpaired) electrons. The van der Waals surface area contributed by atoms with Crippen LogP contribution in [-0.4, -0.2) is 33.7 Å². The van der Waals surface area contributed by atoms with Crippen LogP contribution in [0.5, 0.6) is 0 Å². The molecule has 0 heterocycles. The largest absolute Gasteiger partial charge is 0.375 e. The second kappa shape index (κ2) is 10.9. The summed E-state index contributed by atoms with van der Waals surface area (Å²) >= 11 is 0. The highest BCUT2D eigenvalue weighted by Gasteiger charge is 2.18. The van der Waals surface area contributed by atoms with Crippen molar-refractivity contribution in [2.24, 2.45) is 0 Å². The average molecular weight is 453 g/mol. The van der Waals surface area contributed by atoms with E-state index < -0.39 is 10.0 Å². The van der Waals surface area contributed by atoms with E-state index in [4.69, 9.17) is 4.74 Å². The summed E-state index contributed by atoms with van der Waals surface area (Å²) in [5.41, 5.74) is 3.99. The summed E-state index contributed by atoms with van der Waals surface area (Å²) in [5, 5.41) is 2.83. The van der Waals surface area contributed by atoms with Crippen molar-refractivity contribution in [2.45, 2.75) is 20.1 Å². The van der Waals surface area contributed by atoms with Crippen LogP contribution in [0.2, 0.25) is 0 Å². The highest BCUT2D eigenvalue weighted by molar-refractivity contribution is 7.92. The molecule has 168 valence electrons. The molecule has 0 saturated carbocycles. The lowest BCUT2D eigenvalue weighted by molar-refractivity contribution is 0.0901. The van der Waals surface area contributed by atoms with E-state index in [-0.39, 0.29) is 12.5 Å². The molecule has 1 amide bonds. The molecule has 3 aromatic carbocycles. The summed E-state index contributed by atoms with van der Waals surface area (Å²) in [5.74, 6) is -0.196. The Morgan fingerprint density at radius 1 is 0.938 bits per heavy atom. The number of rotatable bonds is 10. The topological polar surface area (TPSA) is 75.7 Å². The van der Waals surface area contributed by atoms with Crippen molar-refractivity contribution >= 4 is 21.6 Å². The van der Waals surface area contributed by atoms with Gasteiger partial charge >= 0.3 is 0 Å². The minimum Gasteiger partial charge on any atom is -0.375 e. The molecule has 0 fully saturated rings. The Kier molecular flexibility index (Phi) is 8.03. The average Bonchev–Trinajstić information content (AvgIpc) is 2.77. The Morgan fingerprint density at radius 2 is 1.66 bits per heavy atom. The first-order valence-corrected chi connectivity index (χ1v) is 12.2. The van der Waals surface area contributed by atoms with Gasteiger partial charge in [-0.1, -0.05) is 54.6 Å². The number of aryl methyl sites for hydroxylation is 1. The first-order valence-electron chi connectivity index (χ1n) is 10.4. The zero-order valence-corrected chi connectivity index (χ0v) is 19.1. The molecule has 0 aliphatic carbocycles. The van der Waals surface area contributed by atoms with E-state index in [1.807, 2.05) is 55.5 Å². The Morgan fingerprint density at radius 3 is 2.31 bits per heavy atom. The van der Waals surface area contributed by atoms with Gasteiger partial charge < -0.3 is 10.1 Å². The van der Waals surface area contributed by atoms with Crippen molar-refractivity contribution in [1.82, 2.24) is 5.32 Å². The van der Waals surface area contributed by atoms with Gasteiger partial charge in [0.2, 0.25) is 10.0 Å². The van der Waals surface area contributed by atoms with Gasteiger partial charge in [-0.25, -0.2) is 8.42 Å². The number of carbonyl (C=O) groups is 1. The third kappa shape index (κ3) is 6.93. The van der Waals surface area contributed by atoms with E-state index in [1.165, 1.54) is 10.6 Å². The van der Waals surface area contributed by atoms with Gasteiger partial charge in [-0.2, -0.15) is 0 Å². The molecular formula is C25H28N2O4S. The minimum atomic E-state index is -3.46. The van der Waals surface area contributed by atoms with Crippen LogP contribution in [0.1, 0.15) is 27.0 Å². The maximum absolute atomic E-state index is 12.4. The van der Waals surface area contributed by atoms with Gasteiger partial charge in [-0.3, -0.25) is 9.10 Å². The Bertz CT molecular complexity index is 1130. The Hall–Kier alpha value is -3.16. The van der Waals surface area contributed by atoms with E-state index in [0.29, 0.717) is 31.0 Å². The summed E-state index contributed by atoms with van der Waals surface area (Å²) in [6, 6.07) is 24.2. The molecule has 0 atom stereocenters. The summed E-state index contributed by atoms with van der Waals surface area (Å²) < 4.78 is 31.6. The number of hydrogen-bond donors (Lipinski definition) is 1. The van der Waals surface area contributed by atoms with Gasteiger partial charge in [0.15, 0.2) is 0 Å². The maximum atomic E-state index is 12.4.